The minimum Gasteiger partial charge on any atom is -0.497 e. The maximum absolute atomic E-state index is 10.1. The van der Waals surface area contributed by atoms with Crippen LogP contribution in [0.4, 0.5) is 0 Å². The normalized spacial score (nSPS) is 12.1. The summed E-state index contributed by atoms with van der Waals surface area (Å²) in [6.45, 7) is 1.03. The summed E-state index contributed by atoms with van der Waals surface area (Å²) in [4.78, 5) is 0. The minimum atomic E-state index is -0.529. The molecule has 3 rings (SSSR count). The Morgan fingerprint density at radius 1 is 1.04 bits per heavy atom. The average molecular weight is 323 g/mol. The van der Waals surface area contributed by atoms with Gasteiger partial charge in [-0.2, -0.15) is 0 Å². The Bertz CT molecular complexity index is 767. The number of benzene rings is 2. The van der Waals surface area contributed by atoms with Crippen LogP contribution < -0.4 is 10.1 Å². The third-order valence-corrected chi connectivity index (χ3v) is 3.84. The number of aliphatic hydroxyl groups is 1. The maximum atomic E-state index is 10.1. The lowest BCUT2D eigenvalue weighted by Gasteiger charge is -2.11. The Balaban J connectivity index is 1.56. The molecule has 0 aliphatic rings. The van der Waals surface area contributed by atoms with E-state index in [2.05, 4.69) is 5.32 Å². The standard InChI is InChI=1S/C20H21NO3/c1-23-17-9-5-8-16(12-17)20-11-10-18(24-20)13-21-14-19(22)15-6-3-2-4-7-15/h2-12,19,21-22H,13-14H2,1H3. The number of hydrogen-bond acceptors (Lipinski definition) is 4. The second kappa shape index (κ2) is 7.81. The summed E-state index contributed by atoms with van der Waals surface area (Å²) in [5, 5.41) is 13.4. The Morgan fingerprint density at radius 3 is 2.67 bits per heavy atom. The molecule has 124 valence electrons. The second-order valence-corrected chi connectivity index (χ2v) is 5.56. The zero-order chi connectivity index (χ0) is 16.8. The first-order valence-corrected chi connectivity index (χ1v) is 7.93. The molecule has 0 bridgehead atoms. The molecular formula is C20H21NO3. The fourth-order valence-corrected chi connectivity index (χ4v) is 2.53. The first-order chi connectivity index (χ1) is 11.8. The minimum absolute atomic E-state index is 0.471. The van der Waals surface area contributed by atoms with Crippen LogP contribution in [0.3, 0.4) is 0 Å². The molecule has 0 saturated carbocycles. The highest BCUT2D eigenvalue weighted by Crippen LogP contribution is 2.25. The monoisotopic (exact) mass is 323 g/mol. The summed E-state index contributed by atoms with van der Waals surface area (Å²) < 4.78 is 11.1. The average Bonchev–Trinajstić information content (AvgIpc) is 3.11. The van der Waals surface area contributed by atoms with Gasteiger partial charge in [-0.1, -0.05) is 42.5 Å². The van der Waals surface area contributed by atoms with Gasteiger partial charge in [-0.15, -0.1) is 0 Å². The zero-order valence-electron chi connectivity index (χ0n) is 13.6. The molecule has 1 aromatic heterocycles. The fraction of sp³-hybridized carbons (Fsp3) is 0.200. The van der Waals surface area contributed by atoms with E-state index in [0.29, 0.717) is 13.1 Å². The van der Waals surface area contributed by atoms with Gasteiger partial charge in [-0.05, 0) is 29.8 Å². The van der Waals surface area contributed by atoms with Gasteiger partial charge >= 0.3 is 0 Å². The molecule has 0 fully saturated rings. The van der Waals surface area contributed by atoms with Crippen LogP contribution in [0.15, 0.2) is 71.1 Å². The number of ether oxygens (including phenoxy) is 1. The lowest BCUT2D eigenvalue weighted by atomic mass is 10.1. The summed E-state index contributed by atoms with van der Waals surface area (Å²) in [7, 11) is 1.65. The van der Waals surface area contributed by atoms with Crippen LogP contribution in [0.25, 0.3) is 11.3 Å². The van der Waals surface area contributed by atoms with E-state index in [1.54, 1.807) is 7.11 Å². The van der Waals surface area contributed by atoms with E-state index in [4.69, 9.17) is 9.15 Å². The maximum Gasteiger partial charge on any atom is 0.134 e. The molecule has 0 spiro atoms. The fourth-order valence-electron chi connectivity index (χ4n) is 2.53. The summed E-state index contributed by atoms with van der Waals surface area (Å²) in [5.74, 6) is 2.43. The number of aliphatic hydroxyl groups excluding tert-OH is 1. The Morgan fingerprint density at radius 2 is 1.88 bits per heavy atom. The molecule has 0 radical (unpaired) electrons. The Labute approximate surface area is 141 Å². The van der Waals surface area contributed by atoms with Crippen LogP contribution in [0, 0.1) is 0 Å². The van der Waals surface area contributed by atoms with E-state index in [0.717, 1.165) is 28.4 Å². The lowest BCUT2D eigenvalue weighted by molar-refractivity contribution is 0.173. The van der Waals surface area contributed by atoms with Gasteiger partial charge in [0.25, 0.3) is 0 Å². The van der Waals surface area contributed by atoms with E-state index >= 15 is 0 Å². The predicted molar refractivity (Wildman–Crippen MR) is 93.8 cm³/mol. The lowest BCUT2D eigenvalue weighted by Crippen LogP contribution is -2.20. The van der Waals surface area contributed by atoms with Gasteiger partial charge in [0.2, 0.25) is 0 Å². The van der Waals surface area contributed by atoms with Crippen LogP contribution >= 0.6 is 0 Å². The molecule has 0 saturated heterocycles. The molecule has 4 heteroatoms. The predicted octanol–water partition coefficient (Wildman–Crippen LogP) is 3.78. The van der Waals surface area contributed by atoms with Crippen molar-refractivity contribution in [3.63, 3.8) is 0 Å². The summed E-state index contributed by atoms with van der Waals surface area (Å²) >= 11 is 0. The van der Waals surface area contributed by atoms with Crippen LogP contribution in [0.1, 0.15) is 17.4 Å². The highest BCUT2D eigenvalue weighted by molar-refractivity contribution is 5.59. The highest BCUT2D eigenvalue weighted by atomic mass is 16.5. The third-order valence-electron chi connectivity index (χ3n) is 3.84. The molecule has 2 aromatic carbocycles. The Hall–Kier alpha value is -2.56. The summed E-state index contributed by atoms with van der Waals surface area (Å²) in [6, 6.07) is 21.3. The SMILES string of the molecule is COc1cccc(-c2ccc(CNCC(O)c3ccccc3)o2)c1. The first-order valence-electron chi connectivity index (χ1n) is 7.93. The first kappa shape index (κ1) is 16.3. The summed E-state index contributed by atoms with van der Waals surface area (Å²) in [5.41, 5.74) is 1.88. The van der Waals surface area contributed by atoms with Crippen molar-refractivity contribution in [3.05, 3.63) is 78.1 Å². The van der Waals surface area contributed by atoms with Gasteiger partial charge in [0.05, 0.1) is 19.8 Å². The van der Waals surface area contributed by atoms with Crippen molar-refractivity contribution in [1.82, 2.24) is 5.32 Å². The van der Waals surface area contributed by atoms with Crippen LogP contribution in [0.5, 0.6) is 5.75 Å². The molecule has 3 aromatic rings. The molecule has 4 nitrogen and oxygen atoms in total. The molecule has 2 N–H and O–H groups in total. The van der Waals surface area contributed by atoms with Crippen LogP contribution in [0.2, 0.25) is 0 Å². The highest BCUT2D eigenvalue weighted by Gasteiger charge is 2.08. The van der Waals surface area contributed by atoms with Gasteiger partial charge in [-0.25, -0.2) is 0 Å². The second-order valence-electron chi connectivity index (χ2n) is 5.56. The van der Waals surface area contributed by atoms with Gasteiger partial charge in [0.15, 0.2) is 0 Å². The number of furan rings is 1. The van der Waals surface area contributed by atoms with Crippen molar-refractivity contribution in [2.24, 2.45) is 0 Å². The largest absolute Gasteiger partial charge is 0.497 e. The van der Waals surface area contributed by atoms with Crippen molar-refractivity contribution in [1.29, 1.82) is 0 Å². The molecular weight excluding hydrogens is 302 g/mol. The zero-order valence-corrected chi connectivity index (χ0v) is 13.6. The number of rotatable bonds is 7. The molecule has 1 heterocycles. The number of methoxy groups -OCH3 is 1. The quantitative estimate of drug-likeness (QED) is 0.695. The van der Waals surface area contributed by atoms with E-state index in [1.807, 2.05) is 66.7 Å². The van der Waals surface area contributed by atoms with Crippen LogP contribution in [-0.4, -0.2) is 18.8 Å². The molecule has 0 aliphatic heterocycles. The summed E-state index contributed by atoms with van der Waals surface area (Å²) in [6.07, 6.45) is -0.529. The van der Waals surface area contributed by atoms with Gasteiger partial charge in [-0.3, -0.25) is 0 Å². The molecule has 24 heavy (non-hydrogen) atoms. The molecule has 1 atom stereocenters. The molecule has 0 amide bonds. The van der Waals surface area contributed by atoms with E-state index in [9.17, 15) is 5.11 Å². The van der Waals surface area contributed by atoms with Crippen molar-refractivity contribution in [2.75, 3.05) is 13.7 Å². The topological polar surface area (TPSA) is 54.6 Å². The molecule has 0 aliphatic carbocycles. The van der Waals surface area contributed by atoms with Crippen molar-refractivity contribution in [3.8, 4) is 17.1 Å². The molecule has 1 unspecified atom stereocenters. The number of nitrogens with one attached hydrogen (secondary N) is 1. The van der Waals surface area contributed by atoms with Crippen molar-refractivity contribution < 1.29 is 14.3 Å². The number of hydrogen-bond donors (Lipinski definition) is 2. The van der Waals surface area contributed by atoms with Gasteiger partial charge in [0, 0.05) is 12.1 Å². The van der Waals surface area contributed by atoms with Crippen molar-refractivity contribution >= 4 is 0 Å². The van der Waals surface area contributed by atoms with Gasteiger partial charge < -0.3 is 19.6 Å². The van der Waals surface area contributed by atoms with Crippen LogP contribution in [-0.2, 0) is 6.54 Å². The smallest absolute Gasteiger partial charge is 0.134 e. The van der Waals surface area contributed by atoms with E-state index in [1.165, 1.54) is 0 Å². The van der Waals surface area contributed by atoms with Crippen molar-refractivity contribution in [2.45, 2.75) is 12.6 Å². The van der Waals surface area contributed by atoms with E-state index in [-0.39, 0.29) is 0 Å². The van der Waals surface area contributed by atoms with E-state index < -0.39 is 6.10 Å². The van der Waals surface area contributed by atoms with Gasteiger partial charge in [0.1, 0.15) is 17.3 Å². The third kappa shape index (κ3) is 4.04. The Kier molecular flexibility index (Phi) is 5.31.